The Labute approximate surface area is 104 Å². The third-order valence-corrected chi connectivity index (χ3v) is 3.32. The molecule has 1 aromatic rings. The van der Waals surface area contributed by atoms with Gasteiger partial charge in [0.05, 0.1) is 12.0 Å². The molecule has 0 spiro atoms. The first kappa shape index (κ1) is 13.4. The number of unbranched alkanes of at least 4 members (excludes halogenated alkanes) is 1. The molecule has 1 N–H and O–H groups in total. The topological polar surface area (TPSA) is 46.9 Å². The average molecular weight is 288 g/mol. The van der Waals surface area contributed by atoms with E-state index in [0.717, 1.165) is 38.2 Å². The maximum absolute atomic E-state index is 11.8. The van der Waals surface area contributed by atoms with Gasteiger partial charge in [0.15, 0.2) is 0 Å². The fraction of sp³-hybridized carbons (Fsp3) is 0.636. The predicted octanol–water partition coefficient (Wildman–Crippen LogP) is 1.70. The molecular weight excluding hydrogens is 270 g/mol. The van der Waals surface area contributed by atoms with Crippen molar-refractivity contribution >= 4 is 15.9 Å². The van der Waals surface area contributed by atoms with E-state index in [2.05, 4.69) is 33.2 Å². The number of hydrogen-bond donors (Lipinski definition) is 1. The zero-order valence-corrected chi connectivity index (χ0v) is 11.4. The second-order valence-corrected chi connectivity index (χ2v) is 4.50. The normalized spacial score (nSPS) is 10.7. The molecule has 4 nitrogen and oxygen atoms in total. The molecule has 0 atom stereocenters. The van der Waals surface area contributed by atoms with Crippen LogP contribution in [0.4, 0.5) is 0 Å². The number of rotatable bonds is 6. The first-order valence-electron chi connectivity index (χ1n) is 5.59. The zero-order valence-electron chi connectivity index (χ0n) is 9.79. The lowest BCUT2D eigenvalue weighted by atomic mass is 10.3. The van der Waals surface area contributed by atoms with Gasteiger partial charge in [0.2, 0.25) is 0 Å². The van der Waals surface area contributed by atoms with Crippen LogP contribution in [0.3, 0.4) is 0 Å². The summed E-state index contributed by atoms with van der Waals surface area (Å²) in [6, 6.07) is 0. The molecule has 0 saturated heterocycles. The molecule has 0 aromatic carbocycles. The molecule has 0 bridgehead atoms. The summed E-state index contributed by atoms with van der Waals surface area (Å²) < 4.78 is 2.23. The minimum atomic E-state index is 0.0101. The van der Waals surface area contributed by atoms with Crippen LogP contribution in [0.15, 0.2) is 15.6 Å². The molecule has 0 amide bonds. The van der Waals surface area contributed by atoms with Crippen LogP contribution in [0.2, 0.25) is 0 Å². The quantitative estimate of drug-likeness (QED) is 0.811. The van der Waals surface area contributed by atoms with E-state index in [0.29, 0.717) is 4.47 Å². The summed E-state index contributed by atoms with van der Waals surface area (Å²) in [5.74, 6) is 0. The molecule has 5 heteroatoms. The Morgan fingerprint density at radius 1 is 1.50 bits per heavy atom. The van der Waals surface area contributed by atoms with Gasteiger partial charge in [0.1, 0.15) is 4.47 Å². The van der Waals surface area contributed by atoms with Gasteiger partial charge >= 0.3 is 0 Å². The number of nitrogens with zero attached hydrogens (tertiary/aromatic N) is 2. The van der Waals surface area contributed by atoms with Gasteiger partial charge in [-0.3, -0.25) is 9.36 Å². The third-order valence-electron chi connectivity index (χ3n) is 2.41. The van der Waals surface area contributed by atoms with E-state index in [1.165, 1.54) is 0 Å². The highest BCUT2D eigenvalue weighted by Crippen LogP contribution is 2.06. The summed E-state index contributed by atoms with van der Waals surface area (Å²) in [6.07, 6.45) is 3.69. The maximum Gasteiger partial charge on any atom is 0.267 e. The van der Waals surface area contributed by atoms with Gasteiger partial charge in [0, 0.05) is 6.54 Å². The molecule has 0 saturated carbocycles. The lowest BCUT2D eigenvalue weighted by Gasteiger charge is -2.06. The molecule has 0 unspecified atom stereocenters. The fourth-order valence-electron chi connectivity index (χ4n) is 1.41. The van der Waals surface area contributed by atoms with Gasteiger partial charge in [0.25, 0.3) is 5.56 Å². The van der Waals surface area contributed by atoms with Gasteiger partial charge in [-0.05, 0) is 48.8 Å². The smallest absolute Gasteiger partial charge is 0.267 e. The molecule has 0 aliphatic rings. The first-order chi connectivity index (χ1) is 7.66. The van der Waals surface area contributed by atoms with Crippen LogP contribution in [0.1, 0.15) is 25.5 Å². The van der Waals surface area contributed by atoms with E-state index >= 15 is 0 Å². The highest BCUT2D eigenvalue weighted by atomic mass is 79.9. The van der Waals surface area contributed by atoms with E-state index in [4.69, 9.17) is 0 Å². The van der Waals surface area contributed by atoms with Gasteiger partial charge in [-0.15, -0.1) is 0 Å². The summed E-state index contributed by atoms with van der Waals surface area (Å²) in [4.78, 5) is 15.9. The van der Waals surface area contributed by atoms with Gasteiger partial charge in [-0.25, -0.2) is 4.98 Å². The van der Waals surface area contributed by atoms with Crippen molar-refractivity contribution in [1.82, 2.24) is 14.9 Å². The number of nitrogens with one attached hydrogen (secondary N) is 1. The van der Waals surface area contributed by atoms with Gasteiger partial charge in [-0.1, -0.05) is 6.92 Å². The Hall–Kier alpha value is -0.680. The lowest BCUT2D eigenvalue weighted by Crippen LogP contribution is -2.23. The fourth-order valence-corrected chi connectivity index (χ4v) is 1.74. The average Bonchev–Trinajstić information content (AvgIpc) is 2.28. The van der Waals surface area contributed by atoms with Crippen LogP contribution in [0.25, 0.3) is 0 Å². The summed E-state index contributed by atoms with van der Waals surface area (Å²) >= 11 is 3.26. The van der Waals surface area contributed by atoms with Crippen molar-refractivity contribution in [2.75, 3.05) is 13.1 Å². The molecule has 0 radical (unpaired) electrons. The minimum absolute atomic E-state index is 0.0101. The highest BCUT2D eigenvalue weighted by Gasteiger charge is 2.04. The van der Waals surface area contributed by atoms with Gasteiger partial charge in [-0.2, -0.15) is 0 Å². The van der Waals surface area contributed by atoms with E-state index in [1.54, 1.807) is 10.9 Å². The van der Waals surface area contributed by atoms with Gasteiger partial charge < -0.3 is 5.32 Å². The molecule has 1 rings (SSSR count). The summed E-state index contributed by atoms with van der Waals surface area (Å²) in [5.41, 5.74) is 0.754. The van der Waals surface area contributed by atoms with Crippen molar-refractivity contribution < 1.29 is 0 Å². The Balaban J connectivity index is 2.49. The molecule has 0 fully saturated rings. The van der Waals surface area contributed by atoms with Crippen molar-refractivity contribution in [3.63, 3.8) is 0 Å². The van der Waals surface area contributed by atoms with Crippen molar-refractivity contribution in [3.8, 4) is 0 Å². The summed E-state index contributed by atoms with van der Waals surface area (Å²) in [5, 5.41) is 3.26. The van der Waals surface area contributed by atoms with Crippen LogP contribution in [-0.2, 0) is 6.54 Å². The largest absolute Gasteiger partial charge is 0.317 e. The molecule has 0 aliphatic carbocycles. The molecule has 90 valence electrons. The second kappa shape index (κ2) is 6.81. The molecule has 1 aromatic heterocycles. The van der Waals surface area contributed by atoms with Crippen LogP contribution in [-0.4, -0.2) is 22.6 Å². The lowest BCUT2D eigenvalue weighted by molar-refractivity contribution is 0.558. The highest BCUT2D eigenvalue weighted by molar-refractivity contribution is 9.10. The Morgan fingerprint density at radius 3 is 2.94 bits per heavy atom. The van der Waals surface area contributed by atoms with Crippen LogP contribution in [0, 0.1) is 6.92 Å². The predicted molar refractivity (Wildman–Crippen MR) is 68.7 cm³/mol. The van der Waals surface area contributed by atoms with E-state index in [1.807, 2.05) is 6.92 Å². The second-order valence-electron chi connectivity index (χ2n) is 3.70. The van der Waals surface area contributed by atoms with Crippen LogP contribution < -0.4 is 10.9 Å². The zero-order chi connectivity index (χ0) is 12.0. The monoisotopic (exact) mass is 287 g/mol. The molecule has 1 heterocycles. The maximum atomic E-state index is 11.8. The SMILES string of the molecule is CCNCCCCn1cnc(C)c(Br)c1=O. The Bertz CT molecular complexity index is 389. The molecule has 16 heavy (non-hydrogen) atoms. The van der Waals surface area contributed by atoms with Crippen molar-refractivity contribution in [2.24, 2.45) is 0 Å². The van der Waals surface area contributed by atoms with E-state index in [-0.39, 0.29) is 5.56 Å². The van der Waals surface area contributed by atoms with Crippen molar-refractivity contribution in [1.29, 1.82) is 0 Å². The Kier molecular flexibility index (Phi) is 5.69. The number of aromatic nitrogens is 2. The minimum Gasteiger partial charge on any atom is -0.317 e. The van der Waals surface area contributed by atoms with Crippen molar-refractivity contribution in [2.45, 2.75) is 33.2 Å². The number of hydrogen-bond acceptors (Lipinski definition) is 3. The number of halogens is 1. The molecule has 0 aliphatic heterocycles. The van der Waals surface area contributed by atoms with Crippen LogP contribution in [0.5, 0.6) is 0 Å². The third kappa shape index (κ3) is 3.72. The number of aryl methyl sites for hydroxylation is 2. The first-order valence-corrected chi connectivity index (χ1v) is 6.38. The van der Waals surface area contributed by atoms with Crippen molar-refractivity contribution in [3.05, 3.63) is 26.8 Å². The summed E-state index contributed by atoms with van der Waals surface area (Å²) in [6.45, 7) is 6.64. The van der Waals surface area contributed by atoms with Crippen LogP contribution >= 0.6 is 15.9 Å². The van der Waals surface area contributed by atoms with E-state index < -0.39 is 0 Å². The van der Waals surface area contributed by atoms with E-state index in [9.17, 15) is 4.79 Å². The standard InChI is InChI=1S/C11H18BrN3O/c1-3-13-6-4-5-7-15-8-14-9(2)10(12)11(15)16/h8,13H,3-7H2,1-2H3. The molecular formula is C11H18BrN3O. The Morgan fingerprint density at radius 2 is 2.25 bits per heavy atom. The summed E-state index contributed by atoms with van der Waals surface area (Å²) in [7, 11) is 0.